The molecule has 1 unspecified atom stereocenters. The maximum absolute atomic E-state index is 12.7. The Morgan fingerprint density at radius 1 is 1.38 bits per heavy atom. The van der Waals surface area contributed by atoms with Crippen molar-refractivity contribution >= 4 is 27.7 Å². The summed E-state index contributed by atoms with van der Waals surface area (Å²) in [5.41, 5.74) is -0.725. The molecule has 1 saturated heterocycles. The molecule has 2 heterocycles. The second-order valence-electron chi connectivity index (χ2n) is 6.66. The maximum atomic E-state index is 12.7. The smallest absolute Gasteiger partial charge is 0.337 e. The van der Waals surface area contributed by atoms with Gasteiger partial charge in [-0.05, 0) is 31.0 Å². The summed E-state index contributed by atoms with van der Waals surface area (Å²) in [6, 6.07) is 6.97. The molecular weight excluding hydrogens is 398 g/mol. The quantitative estimate of drug-likeness (QED) is 0.719. The van der Waals surface area contributed by atoms with Crippen LogP contribution in [0.4, 0.5) is 5.69 Å². The van der Waals surface area contributed by atoms with E-state index >= 15 is 0 Å². The number of carbonyl (C=O) groups is 1. The number of benzene rings is 1. The number of sulfone groups is 1. The SMILES string of the molecule is Cc1c(C=Nc2ccccc2C(=O)O)c(O)n(C2CCS(=O)(=O)C2)c(=O)c1C#N. The van der Waals surface area contributed by atoms with Crippen LogP contribution in [0, 0.1) is 18.3 Å². The lowest BCUT2D eigenvalue weighted by Gasteiger charge is -2.18. The van der Waals surface area contributed by atoms with Gasteiger partial charge in [-0.1, -0.05) is 12.1 Å². The molecule has 150 valence electrons. The molecule has 0 spiro atoms. The summed E-state index contributed by atoms with van der Waals surface area (Å²) in [6.45, 7) is 1.46. The van der Waals surface area contributed by atoms with E-state index in [4.69, 9.17) is 0 Å². The zero-order valence-corrected chi connectivity index (χ0v) is 16.2. The molecule has 0 radical (unpaired) electrons. The molecule has 2 N–H and O–H groups in total. The number of pyridine rings is 1. The largest absolute Gasteiger partial charge is 0.494 e. The van der Waals surface area contributed by atoms with Gasteiger partial charge in [-0.25, -0.2) is 13.2 Å². The molecule has 10 heteroatoms. The molecule has 1 aliphatic heterocycles. The first-order valence-electron chi connectivity index (χ1n) is 8.61. The molecule has 1 aliphatic rings. The van der Waals surface area contributed by atoms with Gasteiger partial charge in [0.15, 0.2) is 9.84 Å². The highest BCUT2D eigenvalue weighted by molar-refractivity contribution is 7.91. The number of carboxylic acids is 1. The van der Waals surface area contributed by atoms with Crippen molar-refractivity contribution in [3.63, 3.8) is 0 Å². The molecule has 1 atom stereocenters. The number of hydrogen-bond acceptors (Lipinski definition) is 7. The third-order valence-electron chi connectivity index (χ3n) is 4.83. The normalized spacial score (nSPS) is 18.0. The Hall–Kier alpha value is -3.45. The number of para-hydroxylation sites is 1. The van der Waals surface area contributed by atoms with Crippen LogP contribution in [-0.4, -0.2) is 46.9 Å². The van der Waals surface area contributed by atoms with Crippen LogP contribution in [0.1, 0.15) is 39.5 Å². The second-order valence-corrected chi connectivity index (χ2v) is 8.89. The first-order chi connectivity index (χ1) is 13.7. The molecule has 29 heavy (non-hydrogen) atoms. The Morgan fingerprint density at radius 3 is 2.66 bits per heavy atom. The third kappa shape index (κ3) is 3.77. The summed E-state index contributed by atoms with van der Waals surface area (Å²) >= 11 is 0. The van der Waals surface area contributed by atoms with E-state index in [1.165, 1.54) is 25.3 Å². The average Bonchev–Trinajstić information content (AvgIpc) is 3.01. The molecule has 0 bridgehead atoms. The first kappa shape index (κ1) is 20.3. The number of aromatic carboxylic acids is 1. The van der Waals surface area contributed by atoms with E-state index in [9.17, 15) is 33.5 Å². The van der Waals surface area contributed by atoms with Crippen LogP contribution < -0.4 is 5.56 Å². The van der Waals surface area contributed by atoms with E-state index in [-0.39, 0.29) is 45.9 Å². The van der Waals surface area contributed by atoms with E-state index in [0.717, 1.165) is 4.57 Å². The minimum absolute atomic E-state index is 0.0469. The van der Waals surface area contributed by atoms with Crippen LogP contribution in [0.5, 0.6) is 5.88 Å². The van der Waals surface area contributed by atoms with Crippen LogP contribution >= 0.6 is 0 Å². The predicted molar refractivity (Wildman–Crippen MR) is 105 cm³/mol. The van der Waals surface area contributed by atoms with E-state index in [0.29, 0.717) is 0 Å². The number of rotatable bonds is 4. The van der Waals surface area contributed by atoms with E-state index < -0.39 is 33.3 Å². The Labute approximate surface area is 166 Å². The van der Waals surface area contributed by atoms with Crippen molar-refractivity contribution in [1.29, 1.82) is 5.26 Å². The first-order valence-corrected chi connectivity index (χ1v) is 10.4. The number of nitrogens with zero attached hydrogens (tertiary/aromatic N) is 3. The zero-order valence-electron chi connectivity index (χ0n) is 15.4. The van der Waals surface area contributed by atoms with Crippen LogP contribution in [-0.2, 0) is 9.84 Å². The molecular formula is C19H17N3O6S. The number of aromatic hydroxyl groups is 1. The zero-order chi connectivity index (χ0) is 21.3. The van der Waals surface area contributed by atoms with Gasteiger partial charge in [-0.3, -0.25) is 14.4 Å². The second kappa shape index (κ2) is 7.52. The van der Waals surface area contributed by atoms with Crippen molar-refractivity contribution in [1.82, 2.24) is 4.57 Å². The van der Waals surface area contributed by atoms with Crippen molar-refractivity contribution in [3.8, 4) is 11.9 Å². The van der Waals surface area contributed by atoms with Crippen molar-refractivity contribution in [2.45, 2.75) is 19.4 Å². The summed E-state index contributed by atoms with van der Waals surface area (Å²) in [5, 5.41) is 29.4. The molecule has 0 saturated carbocycles. The molecule has 9 nitrogen and oxygen atoms in total. The lowest BCUT2D eigenvalue weighted by atomic mass is 10.0. The van der Waals surface area contributed by atoms with Gasteiger partial charge in [0.05, 0.1) is 34.4 Å². The van der Waals surface area contributed by atoms with Gasteiger partial charge in [0, 0.05) is 6.21 Å². The number of hydrogen-bond donors (Lipinski definition) is 2. The Kier molecular flexibility index (Phi) is 5.26. The highest BCUT2D eigenvalue weighted by atomic mass is 32.2. The van der Waals surface area contributed by atoms with Crippen molar-refractivity contribution in [2.24, 2.45) is 4.99 Å². The van der Waals surface area contributed by atoms with Crippen LogP contribution in [0.25, 0.3) is 0 Å². The molecule has 0 aliphatic carbocycles. The predicted octanol–water partition coefficient (Wildman–Crippen LogP) is 1.54. The summed E-state index contributed by atoms with van der Waals surface area (Å²) < 4.78 is 24.5. The van der Waals surface area contributed by atoms with Gasteiger partial charge < -0.3 is 10.2 Å². The fraction of sp³-hybridized carbons (Fsp3) is 0.263. The average molecular weight is 415 g/mol. The van der Waals surface area contributed by atoms with Crippen LogP contribution in [0.2, 0.25) is 0 Å². The number of aliphatic imine (C=N–C) groups is 1. The summed E-state index contributed by atoms with van der Waals surface area (Å²) in [4.78, 5) is 28.1. The van der Waals surface area contributed by atoms with Gasteiger partial charge in [-0.15, -0.1) is 0 Å². The minimum atomic E-state index is -3.34. The third-order valence-corrected chi connectivity index (χ3v) is 6.58. The summed E-state index contributed by atoms with van der Waals surface area (Å²) in [7, 11) is -3.34. The minimum Gasteiger partial charge on any atom is -0.494 e. The molecule has 3 rings (SSSR count). The molecule has 1 aromatic heterocycles. The highest BCUT2D eigenvalue weighted by Gasteiger charge is 2.33. The fourth-order valence-electron chi connectivity index (χ4n) is 3.31. The standard InChI is InChI=1S/C19H17N3O6S/c1-11-14(8-20)17(23)22(12-6-7-29(27,28)10-12)18(24)15(11)9-21-16-5-3-2-4-13(16)19(25)26/h2-5,9,12,24H,6-7,10H2,1H3,(H,25,26). The molecule has 2 aromatic rings. The van der Waals surface area contributed by atoms with E-state index in [1.807, 2.05) is 0 Å². The topological polar surface area (TPSA) is 150 Å². The van der Waals surface area contributed by atoms with Crippen molar-refractivity contribution in [3.05, 3.63) is 56.9 Å². The van der Waals surface area contributed by atoms with Gasteiger partial charge >= 0.3 is 5.97 Å². The van der Waals surface area contributed by atoms with Crippen LogP contribution in [0.15, 0.2) is 34.1 Å². The summed E-state index contributed by atoms with van der Waals surface area (Å²) in [6.07, 6.45) is 1.31. The Morgan fingerprint density at radius 2 is 2.07 bits per heavy atom. The van der Waals surface area contributed by atoms with Crippen molar-refractivity contribution in [2.75, 3.05) is 11.5 Å². The fourth-order valence-corrected chi connectivity index (χ4v) is 5.01. The highest BCUT2D eigenvalue weighted by Crippen LogP contribution is 2.30. The molecule has 1 aromatic carbocycles. The number of nitriles is 1. The van der Waals surface area contributed by atoms with E-state index in [1.54, 1.807) is 18.2 Å². The summed E-state index contributed by atoms with van der Waals surface area (Å²) in [5.74, 6) is -2.12. The molecule has 1 fully saturated rings. The van der Waals surface area contributed by atoms with E-state index in [2.05, 4.69) is 4.99 Å². The number of aromatic nitrogens is 1. The van der Waals surface area contributed by atoms with Gasteiger partial charge in [0.25, 0.3) is 5.56 Å². The van der Waals surface area contributed by atoms with Crippen LogP contribution in [0.3, 0.4) is 0 Å². The van der Waals surface area contributed by atoms with Crippen molar-refractivity contribution < 1.29 is 23.4 Å². The van der Waals surface area contributed by atoms with Gasteiger partial charge in [0.1, 0.15) is 11.6 Å². The molecule has 0 amide bonds. The lowest BCUT2D eigenvalue weighted by Crippen LogP contribution is -2.29. The monoisotopic (exact) mass is 415 g/mol. The maximum Gasteiger partial charge on any atom is 0.337 e. The van der Waals surface area contributed by atoms with Gasteiger partial charge in [0.2, 0.25) is 5.88 Å². The number of carboxylic acid groups (broad SMARTS) is 1. The lowest BCUT2D eigenvalue weighted by molar-refractivity contribution is 0.0698. The Balaban J connectivity index is 2.18. The van der Waals surface area contributed by atoms with Gasteiger partial charge in [-0.2, -0.15) is 5.26 Å². The Bertz CT molecular complexity index is 1240.